The Bertz CT molecular complexity index is 920. The van der Waals surface area contributed by atoms with Gasteiger partial charge in [0, 0.05) is 26.6 Å². The van der Waals surface area contributed by atoms with Crippen LogP contribution in [0, 0.1) is 0 Å². The second kappa shape index (κ2) is 8.46. The predicted molar refractivity (Wildman–Crippen MR) is 109 cm³/mol. The minimum absolute atomic E-state index is 0.132. The van der Waals surface area contributed by atoms with Crippen molar-refractivity contribution in [3.05, 3.63) is 55.9 Å². The van der Waals surface area contributed by atoms with E-state index in [0.29, 0.717) is 20.6 Å². The van der Waals surface area contributed by atoms with Gasteiger partial charge in [-0.05, 0) is 60.9 Å². The molecule has 0 spiro atoms. The summed E-state index contributed by atoms with van der Waals surface area (Å²) in [6.45, 7) is 2.05. The summed E-state index contributed by atoms with van der Waals surface area (Å²) in [7, 11) is 0. The van der Waals surface area contributed by atoms with Gasteiger partial charge in [-0.25, -0.2) is 0 Å². The molecule has 1 amide bonds. The van der Waals surface area contributed by atoms with E-state index in [9.17, 15) is 14.7 Å². The molecule has 0 bridgehead atoms. The van der Waals surface area contributed by atoms with Crippen LogP contribution in [0.5, 0.6) is 0 Å². The number of carboxylic acids is 1. The van der Waals surface area contributed by atoms with E-state index in [1.807, 2.05) is 6.92 Å². The Kier molecular flexibility index (Phi) is 6.25. The zero-order valence-corrected chi connectivity index (χ0v) is 17.0. The number of aromatic carboxylic acids is 1. The monoisotopic (exact) mass is 422 g/mol. The average molecular weight is 423 g/mol. The van der Waals surface area contributed by atoms with Crippen LogP contribution in [0.4, 0.5) is 5.00 Å². The van der Waals surface area contributed by atoms with E-state index >= 15 is 0 Å². The summed E-state index contributed by atoms with van der Waals surface area (Å²) in [6, 6.07) is 4.97. The van der Waals surface area contributed by atoms with Crippen molar-refractivity contribution >= 4 is 57.5 Å². The van der Waals surface area contributed by atoms with E-state index in [0.717, 1.165) is 36.1 Å². The highest BCUT2D eigenvalue weighted by Gasteiger charge is 2.28. The molecule has 1 aromatic carbocycles. The molecule has 0 saturated heterocycles. The fourth-order valence-electron chi connectivity index (χ4n) is 3.42. The number of carboxylic acid groups (broad SMARTS) is 1. The van der Waals surface area contributed by atoms with Crippen LogP contribution in [-0.2, 0) is 11.2 Å². The molecule has 1 heterocycles. The Morgan fingerprint density at radius 1 is 1.37 bits per heavy atom. The molecule has 3 rings (SSSR count). The van der Waals surface area contributed by atoms with Crippen LogP contribution in [-0.4, -0.2) is 11.9 Å². The maximum atomic E-state index is 12.3. The fraction of sp³-hybridized carbons (Fsp3) is 0.300. The number of hydrogen-bond donors (Lipinski definition) is 1. The number of fused-ring (bicyclic) bond motifs is 1. The summed E-state index contributed by atoms with van der Waals surface area (Å²) in [5, 5.41) is 15.7. The van der Waals surface area contributed by atoms with Gasteiger partial charge in [-0.1, -0.05) is 36.2 Å². The predicted octanol–water partition coefficient (Wildman–Crippen LogP) is 4.90. The van der Waals surface area contributed by atoms with Crippen molar-refractivity contribution in [1.29, 1.82) is 0 Å². The summed E-state index contributed by atoms with van der Waals surface area (Å²) in [4.78, 5) is 25.1. The highest BCUT2D eigenvalue weighted by atomic mass is 35.5. The van der Waals surface area contributed by atoms with Crippen LogP contribution < -0.4 is 10.4 Å². The van der Waals surface area contributed by atoms with Crippen molar-refractivity contribution in [3.63, 3.8) is 0 Å². The molecule has 0 fully saturated rings. The number of halogens is 2. The lowest BCUT2D eigenvalue weighted by Crippen LogP contribution is -2.26. The average Bonchev–Trinajstić information content (AvgIpc) is 2.98. The van der Waals surface area contributed by atoms with Gasteiger partial charge in [0.05, 0.1) is 5.97 Å². The summed E-state index contributed by atoms with van der Waals surface area (Å²) in [6.07, 6.45) is 6.58. The number of carbonyl (C=O) groups is 2. The van der Waals surface area contributed by atoms with Crippen molar-refractivity contribution in [2.75, 3.05) is 5.32 Å². The summed E-state index contributed by atoms with van der Waals surface area (Å²) in [5.74, 6) is -1.46. The smallest absolute Gasteiger partial charge is 0.249 e. The Morgan fingerprint density at radius 3 is 2.81 bits per heavy atom. The Balaban J connectivity index is 1.85. The molecular formula is C20H18Cl2NO3S-. The quantitative estimate of drug-likeness (QED) is 0.696. The minimum Gasteiger partial charge on any atom is -0.545 e. The molecule has 1 aromatic heterocycles. The molecule has 2 aromatic rings. The van der Waals surface area contributed by atoms with Crippen LogP contribution >= 0.6 is 34.5 Å². The number of hydrogen-bond acceptors (Lipinski definition) is 4. The second-order valence-electron chi connectivity index (χ2n) is 6.42. The van der Waals surface area contributed by atoms with Gasteiger partial charge in [0.2, 0.25) is 5.91 Å². The number of benzene rings is 1. The van der Waals surface area contributed by atoms with Crippen molar-refractivity contribution in [1.82, 2.24) is 0 Å². The topological polar surface area (TPSA) is 69.2 Å². The Morgan fingerprint density at radius 2 is 2.15 bits per heavy atom. The van der Waals surface area contributed by atoms with Gasteiger partial charge in [0.15, 0.2) is 0 Å². The number of nitrogens with one attached hydrogen (secondary N) is 1. The van der Waals surface area contributed by atoms with Gasteiger partial charge < -0.3 is 15.2 Å². The number of aryl methyl sites for hydroxylation is 1. The molecule has 7 heteroatoms. The largest absolute Gasteiger partial charge is 0.545 e. The molecule has 1 atom stereocenters. The number of anilines is 1. The van der Waals surface area contributed by atoms with Crippen LogP contribution in [0.15, 0.2) is 24.3 Å². The minimum atomic E-state index is -1.24. The highest BCUT2D eigenvalue weighted by molar-refractivity contribution is 7.17. The normalized spacial score (nSPS) is 16.3. The molecule has 1 unspecified atom stereocenters. The van der Waals surface area contributed by atoms with Crippen LogP contribution in [0.25, 0.3) is 6.08 Å². The molecule has 0 aliphatic heterocycles. The van der Waals surface area contributed by atoms with Crippen LogP contribution in [0.1, 0.15) is 58.5 Å². The second-order valence-corrected chi connectivity index (χ2v) is 8.37. The summed E-state index contributed by atoms with van der Waals surface area (Å²) >= 11 is 13.3. The third-order valence-corrected chi connectivity index (χ3v) is 6.44. The Hall–Kier alpha value is -1.82. The van der Waals surface area contributed by atoms with Crippen molar-refractivity contribution in [2.24, 2.45) is 0 Å². The van der Waals surface area contributed by atoms with Crippen LogP contribution in [0.2, 0.25) is 10.0 Å². The number of thiophene rings is 1. The first kappa shape index (κ1) is 19.9. The standard InChI is InChI=1S/C20H19Cl2NO3S/c1-2-11-4-3-5-15-17(11)18(20(25)26)19(27-15)23-16(24)9-7-12-6-8-13(21)10-14(12)22/h6-11H,2-5H2,1H3,(H,23,24)(H,25,26)/p-1. The molecule has 0 radical (unpaired) electrons. The lowest BCUT2D eigenvalue weighted by Gasteiger charge is -2.23. The van der Waals surface area contributed by atoms with E-state index in [4.69, 9.17) is 23.2 Å². The number of amides is 1. The van der Waals surface area contributed by atoms with Gasteiger partial charge in [-0.3, -0.25) is 4.79 Å². The van der Waals surface area contributed by atoms with Gasteiger partial charge in [-0.2, -0.15) is 0 Å². The van der Waals surface area contributed by atoms with Crippen molar-refractivity contribution in [2.45, 2.75) is 38.5 Å². The van der Waals surface area contributed by atoms with Gasteiger partial charge in [0.25, 0.3) is 0 Å². The third-order valence-electron chi connectivity index (χ3n) is 4.70. The zero-order valence-electron chi connectivity index (χ0n) is 14.7. The summed E-state index contributed by atoms with van der Waals surface area (Å²) in [5.41, 5.74) is 1.62. The maximum Gasteiger partial charge on any atom is 0.249 e. The van der Waals surface area contributed by atoms with E-state index < -0.39 is 11.9 Å². The zero-order chi connectivity index (χ0) is 19.6. The molecule has 27 heavy (non-hydrogen) atoms. The molecule has 0 saturated carbocycles. The molecule has 1 aliphatic carbocycles. The lowest BCUT2D eigenvalue weighted by atomic mass is 9.83. The maximum absolute atomic E-state index is 12.3. The molecule has 4 nitrogen and oxygen atoms in total. The highest BCUT2D eigenvalue weighted by Crippen LogP contribution is 2.44. The van der Waals surface area contributed by atoms with E-state index in [1.165, 1.54) is 17.4 Å². The fourth-order valence-corrected chi connectivity index (χ4v) is 5.21. The first-order valence-corrected chi connectivity index (χ1v) is 10.3. The molecule has 1 aliphatic rings. The third kappa shape index (κ3) is 4.37. The SMILES string of the molecule is CCC1CCCc2sc(NC(=O)C=Cc3ccc(Cl)cc3Cl)c(C(=O)[O-])c21. The van der Waals surface area contributed by atoms with Crippen molar-refractivity contribution < 1.29 is 14.7 Å². The van der Waals surface area contributed by atoms with Gasteiger partial charge in [0.1, 0.15) is 5.00 Å². The van der Waals surface area contributed by atoms with E-state index in [2.05, 4.69) is 5.32 Å². The van der Waals surface area contributed by atoms with Crippen molar-refractivity contribution in [3.8, 4) is 0 Å². The number of rotatable bonds is 5. The lowest BCUT2D eigenvalue weighted by molar-refractivity contribution is -0.255. The van der Waals surface area contributed by atoms with Gasteiger partial charge in [-0.15, -0.1) is 11.3 Å². The Labute approximate surface area is 171 Å². The first-order chi connectivity index (χ1) is 12.9. The van der Waals surface area contributed by atoms with Gasteiger partial charge >= 0.3 is 0 Å². The molecule has 142 valence electrons. The summed E-state index contributed by atoms with van der Waals surface area (Å²) < 4.78 is 0. The molecular weight excluding hydrogens is 405 g/mol. The van der Waals surface area contributed by atoms with Crippen LogP contribution in [0.3, 0.4) is 0 Å². The number of carbonyl (C=O) groups excluding carboxylic acids is 2. The first-order valence-electron chi connectivity index (χ1n) is 8.71. The van der Waals surface area contributed by atoms with E-state index in [1.54, 1.807) is 24.3 Å². The van der Waals surface area contributed by atoms with E-state index in [-0.39, 0.29) is 11.5 Å². The molecule has 1 N–H and O–H groups in total.